The molecule has 2 amide bonds. The Bertz CT molecular complexity index is 699. The third kappa shape index (κ3) is 6.03. The average Bonchev–Trinajstić information content (AvgIpc) is 2.64. The smallest absolute Gasteiger partial charge is 0.243 e. The Hall–Kier alpha value is -2.62. The maximum absolute atomic E-state index is 12.9. The highest BCUT2D eigenvalue weighted by Gasteiger charge is 2.28. The summed E-state index contributed by atoms with van der Waals surface area (Å²) in [5, 5.41) is 2.99. The third-order valence-electron chi connectivity index (χ3n) is 4.24. The molecular weight excluding hydrogens is 324 g/mol. The molecule has 0 aromatic heterocycles. The van der Waals surface area contributed by atoms with E-state index in [1.54, 1.807) is 4.90 Å². The van der Waals surface area contributed by atoms with Crippen LogP contribution in [0.25, 0.3) is 0 Å². The van der Waals surface area contributed by atoms with Gasteiger partial charge in [0.25, 0.3) is 0 Å². The summed E-state index contributed by atoms with van der Waals surface area (Å²) in [6, 6.07) is 19.1. The van der Waals surface area contributed by atoms with Gasteiger partial charge < -0.3 is 10.2 Å². The molecule has 4 nitrogen and oxygen atoms in total. The Balaban J connectivity index is 2.25. The summed E-state index contributed by atoms with van der Waals surface area (Å²) in [7, 11) is 0. The highest BCUT2D eigenvalue weighted by Crippen LogP contribution is 2.14. The normalized spacial score (nSPS) is 11.8. The summed E-state index contributed by atoms with van der Waals surface area (Å²) in [5.41, 5.74) is 2.05. The SMILES string of the molecule is CC(=O)N(Cc1ccccc1)C(Cc1ccccc1)C(=O)NCC(C)C. The van der Waals surface area contributed by atoms with Gasteiger partial charge in [-0.05, 0) is 17.0 Å². The van der Waals surface area contributed by atoms with Crippen molar-refractivity contribution >= 4 is 11.8 Å². The number of nitrogens with one attached hydrogen (secondary N) is 1. The lowest BCUT2D eigenvalue weighted by molar-refractivity contribution is -0.139. The quantitative estimate of drug-likeness (QED) is 0.791. The zero-order valence-corrected chi connectivity index (χ0v) is 15.8. The van der Waals surface area contributed by atoms with Gasteiger partial charge >= 0.3 is 0 Å². The van der Waals surface area contributed by atoms with Gasteiger partial charge in [-0.3, -0.25) is 9.59 Å². The van der Waals surface area contributed by atoms with E-state index in [1.807, 2.05) is 60.7 Å². The lowest BCUT2D eigenvalue weighted by Gasteiger charge is -2.30. The molecule has 4 heteroatoms. The molecule has 0 aliphatic rings. The number of benzene rings is 2. The molecule has 1 N–H and O–H groups in total. The predicted octanol–water partition coefficient (Wildman–Crippen LogP) is 3.42. The van der Waals surface area contributed by atoms with Gasteiger partial charge in [-0.2, -0.15) is 0 Å². The Labute approximate surface area is 156 Å². The summed E-state index contributed by atoms with van der Waals surface area (Å²) >= 11 is 0. The summed E-state index contributed by atoms with van der Waals surface area (Å²) < 4.78 is 0. The molecule has 2 aromatic carbocycles. The van der Waals surface area contributed by atoms with Gasteiger partial charge in [-0.1, -0.05) is 74.5 Å². The Morgan fingerprint density at radius 3 is 1.96 bits per heavy atom. The molecule has 0 spiro atoms. The molecule has 2 rings (SSSR count). The minimum Gasteiger partial charge on any atom is -0.354 e. The van der Waals surface area contributed by atoms with Gasteiger partial charge in [0.05, 0.1) is 0 Å². The standard InChI is InChI=1S/C22H28N2O2/c1-17(2)15-23-22(26)21(14-19-10-6-4-7-11-19)24(18(3)25)16-20-12-8-5-9-13-20/h4-13,17,21H,14-16H2,1-3H3,(H,23,26). The van der Waals surface area contributed by atoms with Gasteiger partial charge in [0.15, 0.2) is 0 Å². The maximum atomic E-state index is 12.9. The molecular formula is C22H28N2O2. The highest BCUT2D eigenvalue weighted by molar-refractivity contribution is 5.87. The van der Waals surface area contributed by atoms with E-state index in [2.05, 4.69) is 19.2 Å². The van der Waals surface area contributed by atoms with Crippen molar-refractivity contribution in [3.63, 3.8) is 0 Å². The van der Waals surface area contributed by atoms with E-state index in [4.69, 9.17) is 0 Å². The Morgan fingerprint density at radius 2 is 1.46 bits per heavy atom. The first-order valence-corrected chi connectivity index (χ1v) is 9.10. The second-order valence-corrected chi connectivity index (χ2v) is 6.98. The minimum atomic E-state index is -0.533. The molecule has 0 aliphatic carbocycles. The van der Waals surface area contributed by atoms with Crippen LogP contribution in [-0.2, 0) is 22.6 Å². The second kappa shape index (κ2) is 9.76. The molecule has 26 heavy (non-hydrogen) atoms. The fourth-order valence-electron chi connectivity index (χ4n) is 2.83. The zero-order valence-electron chi connectivity index (χ0n) is 15.8. The Morgan fingerprint density at radius 1 is 0.923 bits per heavy atom. The molecule has 0 saturated heterocycles. The summed E-state index contributed by atoms with van der Waals surface area (Å²) in [5.74, 6) is 0.152. The van der Waals surface area contributed by atoms with Gasteiger partial charge in [-0.15, -0.1) is 0 Å². The molecule has 0 aliphatic heterocycles. The van der Waals surface area contributed by atoms with E-state index < -0.39 is 6.04 Å². The van der Waals surface area contributed by atoms with Crippen LogP contribution in [0.1, 0.15) is 31.9 Å². The van der Waals surface area contributed by atoms with Gasteiger partial charge in [0, 0.05) is 26.4 Å². The van der Waals surface area contributed by atoms with Crippen molar-refractivity contribution < 1.29 is 9.59 Å². The van der Waals surface area contributed by atoms with Crippen LogP contribution in [0.5, 0.6) is 0 Å². The average molecular weight is 352 g/mol. The Kier molecular flexibility index (Phi) is 7.39. The van der Waals surface area contributed by atoms with Crippen LogP contribution in [-0.4, -0.2) is 29.3 Å². The second-order valence-electron chi connectivity index (χ2n) is 6.98. The van der Waals surface area contributed by atoms with Crippen LogP contribution < -0.4 is 5.32 Å². The van der Waals surface area contributed by atoms with Gasteiger partial charge in [0.2, 0.25) is 11.8 Å². The molecule has 0 bridgehead atoms. The van der Waals surface area contributed by atoms with E-state index in [-0.39, 0.29) is 11.8 Å². The van der Waals surface area contributed by atoms with Crippen molar-refractivity contribution in [2.45, 2.75) is 39.8 Å². The van der Waals surface area contributed by atoms with Crippen molar-refractivity contribution in [2.24, 2.45) is 5.92 Å². The summed E-state index contributed by atoms with van der Waals surface area (Å²) in [6.45, 7) is 6.65. The number of amides is 2. The first-order valence-electron chi connectivity index (χ1n) is 9.10. The maximum Gasteiger partial charge on any atom is 0.243 e. The van der Waals surface area contributed by atoms with Crippen LogP contribution in [0.15, 0.2) is 60.7 Å². The number of hydrogen-bond acceptors (Lipinski definition) is 2. The van der Waals surface area contributed by atoms with E-state index in [0.29, 0.717) is 25.4 Å². The van der Waals surface area contributed by atoms with Crippen LogP contribution in [0.2, 0.25) is 0 Å². The van der Waals surface area contributed by atoms with Crippen LogP contribution >= 0.6 is 0 Å². The third-order valence-corrected chi connectivity index (χ3v) is 4.24. The lowest BCUT2D eigenvalue weighted by atomic mass is 10.0. The zero-order chi connectivity index (χ0) is 18.9. The largest absolute Gasteiger partial charge is 0.354 e. The molecule has 2 aromatic rings. The van der Waals surface area contributed by atoms with E-state index in [0.717, 1.165) is 11.1 Å². The number of carbonyl (C=O) groups excluding carboxylic acids is 2. The number of hydrogen-bond donors (Lipinski definition) is 1. The van der Waals surface area contributed by atoms with Gasteiger partial charge in [-0.25, -0.2) is 0 Å². The van der Waals surface area contributed by atoms with Crippen molar-refractivity contribution in [2.75, 3.05) is 6.54 Å². The highest BCUT2D eigenvalue weighted by atomic mass is 16.2. The van der Waals surface area contributed by atoms with Crippen molar-refractivity contribution in [3.8, 4) is 0 Å². The fourth-order valence-corrected chi connectivity index (χ4v) is 2.83. The predicted molar refractivity (Wildman–Crippen MR) is 104 cm³/mol. The van der Waals surface area contributed by atoms with Gasteiger partial charge in [0.1, 0.15) is 6.04 Å². The van der Waals surface area contributed by atoms with Crippen LogP contribution in [0, 0.1) is 5.92 Å². The molecule has 0 radical (unpaired) electrons. The molecule has 0 heterocycles. The first kappa shape index (κ1) is 19.7. The van der Waals surface area contributed by atoms with Crippen molar-refractivity contribution in [3.05, 3.63) is 71.8 Å². The topological polar surface area (TPSA) is 49.4 Å². The summed E-state index contributed by atoms with van der Waals surface area (Å²) in [6.07, 6.45) is 0.497. The molecule has 138 valence electrons. The van der Waals surface area contributed by atoms with Crippen LogP contribution in [0.3, 0.4) is 0 Å². The van der Waals surface area contributed by atoms with E-state index in [9.17, 15) is 9.59 Å². The van der Waals surface area contributed by atoms with Crippen molar-refractivity contribution in [1.29, 1.82) is 0 Å². The van der Waals surface area contributed by atoms with E-state index in [1.165, 1.54) is 6.92 Å². The monoisotopic (exact) mass is 352 g/mol. The molecule has 0 fully saturated rings. The lowest BCUT2D eigenvalue weighted by Crippen LogP contribution is -2.50. The first-order chi connectivity index (χ1) is 12.5. The number of rotatable bonds is 8. The van der Waals surface area contributed by atoms with E-state index >= 15 is 0 Å². The summed E-state index contributed by atoms with van der Waals surface area (Å²) in [4.78, 5) is 26.9. The molecule has 1 unspecified atom stereocenters. The number of nitrogens with zero attached hydrogens (tertiary/aromatic N) is 1. The fraction of sp³-hybridized carbons (Fsp3) is 0.364. The van der Waals surface area contributed by atoms with Crippen LogP contribution in [0.4, 0.5) is 0 Å². The number of carbonyl (C=O) groups is 2. The molecule has 1 atom stereocenters. The van der Waals surface area contributed by atoms with Crippen molar-refractivity contribution in [1.82, 2.24) is 10.2 Å². The molecule has 0 saturated carbocycles. The minimum absolute atomic E-state index is 0.102.